The first kappa shape index (κ1) is 19.7. The Hall–Kier alpha value is -2.02. The third-order valence-corrected chi connectivity index (χ3v) is 5.55. The summed E-state index contributed by atoms with van der Waals surface area (Å²) in [6.07, 6.45) is 1.61. The number of amides is 1. The maximum Gasteiger partial charge on any atom is 0.264 e. The number of ether oxygens (including phenoxy) is 1. The van der Waals surface area contributed by atoms with Crippen LogP contribution in [0.4, 0.5) is 0 Å². The third-order valence-electron chi connectivity index (χ3n) is 4.01. The van der Waals surface area contributed by atoms with Gasteiger partial charge >= 0.3 is 0 Å². The molecule has 0 saturated carbocycles. The van der Waals surface area contributed by atoms with Crippen molar-refractivity contribution in [2.45, 2.75) is 26.6 Å². The molecule has 2 aromatic heterocycles. The van der Waals surface area contributed by atoms with Crippen LogP contribution in [0.5, 0.6) is 5.75 Å². The molecule has 0 radical (unpaired) electrons. The number of carbonyl (C=O) groups excluding carboxylic acids is 1. The average molecular weight is 424 g/mol. The third kappa shape index (κ3) is 4.83. The summed E-state index contributed by atoms with van der Waals surface area (Å²) in [5, 5.41) is 7.37. The standard InChI is InChI=1S/C19H19Cl2N3O2S/c1-3-24-17(16(21)9-22-24)10-23(2)19(25)18-8-13(12-27-18)11-26-15-6-4-14(20)5-7-15/h4-9,12H,3,10-11H2,1-2H3. The predicted octanol–water partition coefficient (Wildman–Crippen LogP) is 5.12. The molecule has 0 atom stereocenters. The molecule has 0 aliphatic heterocycles. The van der Waals surface area contributed by atoms with Crippen LogP contribution in [-0.2, 0) is 19.7 Å². The first-order valence-corrected chi connectivity index (χ1v) is 10.0. The number of aryl methyl sites for hydroxylation is 1. The summed E-state index contributed by atoms with van der Waals surface area (Å²) in [5.41, 5.74) is 1.78. The van der Waals surface area contributed by atoms with E-state index >= 15 is 0 Å². The second-order valence-electron chi connectivity index (χ2n) is 5.98. The Bertz CT molecular complexity index is 921. The van der Waals surface area contributed by atoms with E-state index in [-0.39, 0.29) is 5.91 Å². The van der Waals surface area contributed by atoms with Gasteiger partial charge in [-0.05, 0) is 42.6 Å². The van der Waals surface area contributed by atoms with Crippen LogP contribution in [0.3, 0.4) is 0 Å². The Balaban J connectivity index is 1.62. The molecular formula is C19H19Cl2N3O2S. The molecular weight excluding hydrogens is 405 g/mol. The van der Waals surface area contributed by atoms with Gasteiger partial charge in [0.1, 0.15) is 12.4 Å². The highest BCUT2D eigenvalue weighted by Crippen LogP contribution is 2.22. The zero-order valence-electron chi connectivity index (χ0n) is 15.0. The molecule has 1 aromatic carbocycles. The topological polar surface area (TPSA) is 47.4 Å². The van der Waals surface area contributed by atoms with Gasteiger partial charge in [-0.2, -0.15) is 5.10 Å². The Kier molecular flexibility index (Phi) is 6.42. The highest BCUT2D eigenvalue weighted by atomic mass is 35.5. The van der Waals surface area contributed by atoms with Gasteiger partial charge in [-0.15, -0.1) is 11.3 Å². The lowest BCUT2D eigenvalue weighted by molar-refractivity contribution is 0.0786. The lowest BCUT2D eigenvalue weighted by Crippen LogP contribution is -2.27. The first-order chi connectivity index (χ1) is 13.0. The van der Waals surface area contributed by atoms with E-state index in [4.69, 9.17) is 27.9 Å². The molecule has 3 aromatic rings. The molecule has 0 saturated heterocycles. The van der Waals surface area contributed by atoms with Gasteiger partial charge in [0.15, 0.2) is 0 Å². The number of nitrogens with zero attached hydrogens (tertiary/aromatic N) is 3. The van der Waals surface area contributed by atoms with Crippen molar-refractivity contribution in [2.75, 3.05) is 7.05 Å². The van der Waals surface area contributed by atoms with Crippen molar-refractivity contribution < 1.29 is 9.53 Å². The SMILES string of the molecule is CCn1ncc(Cl)c1CN(C)C(=O)c1cc(COc2ccc(Cl)cc2)cs1. The van der Waals surface area contributed by atoms with Crippen LogP contribution in [0.1, 0.15) is 27.9 Å². The molecule has 0 bridgehead atoms. The number of hydrogen-bond donors (Lipinski definition) is 0. The van der Waals surface area contributed by atoms with Crippen molar-refractivity contribution in [1.29, 1.82) is 0 Å². The molecule has 0 unspecified atom stereocenters. The number of thiophene rings is 1. The number of hydrogen-bond acceptors (Lipinski definition) is 4. The summed E-state index contributed by atoms with van der Waals surface area (Å²) < 4.78 is 7.52. The molecule has 2 heterocycles. The quantitative estimate of drug-likeness (QED) is 0.529. The number of halogens is 2. The molecule has 5 nitrogen and oxygen atoms in total. The number of rotatable bonds is 7. The van der Waals surface area contributed by atoms with Crippen molar-refractivity contribution in [1.82, 2.24) is 14.7 Å². The van der Waals surface area contributed by atoms with Gasteiger partial charge in [0, 0.05) is 24.2 Å². The largest absolute Gasteiger partial charge is 0.489 e. The average Bonchev–Trinajstić information content (AvgIpc) is 3.28. The maximum absolute atomic E-state index is 12.7. The van der Waals surface area contributed by atoms with E-state index in [1.165, 1.54) is 11.3 Å². The fourth-order valence-corrected chi connectivity index (χ4v) is 3.78. The van der Waals surface area contributed by atoms with Crippen LogP contribution >= 0.6 is 34.5 Å². The molecule has 0 spiro atoms. The zero-order chi connectivity index (χ0) is 19.4. The maximum atomic E-state index is 12.7. The van der Waals surface area contributed by atoms with Gasteiger partial charge in [-0.1, -0.05) is 23.2 Å². The van der Waals surface area contributed by atoms with E-state index in [1.807, 2.05) is 30.5 Å². The Labute approximate surface area is 172 Å². The summed E-state index contributed by atoms with van der Waals surface area (Å²) >= 11 is 13.5. The summed E-state index contributed by atoms with van der Waals surface area (Å²) in [6.45, 7) is 3.49. The van der Waals surface area contributed by atoms with Crippen molar-refractivity contribution in [3.05, 3.63) is 68.1 Å². The van der Waals surface area contributed by atoms with Crippen LogP contribution in [0.25, 0.3) is 0 Å². The number of aromatic nitrogens is 2. The second-order valence-corrected chi connectivity index (χ2v) is 7.73. The van der Waals surface area contributed by atoms with Crippen molar-refractivity contribution in [3.8, 4) is 5.75 Å². The van der Waals surface area contributed by atoms with E-state index < -0.39 is 0 Å². The fraction of sp³-hybridized carbons (Fsp3) is 0.263. The molecule has 0 fully saturated rings. The van der Waals surface area contributed by atoms with Gasteiger partial charge in [-0.25, -0.2) is 0 Å². The Morgan fingerprint density at radius 3 is 2.74 bits per heavy atom. The number of carbonyl (C=O) groups is 1. The predicted molar refractivity (Wildman–Crippen MR) is 109 cm³/mol. The zero-order valence-corrected chi connectivity index (χ0v) is 17.3. The molecule has 8 heteroatoms. The van der Waals surface area contributed by atoms with Crippen molar-refractivity contribution in [2.24, 2.45) is 0 Å². The lowest BCUT2D eigenvalue weighted by Gasteiger charge is -2.17. The van der Waals surface area contributed by atoms with Crippen LogP contribution < -0.4 is 4.74 Å². The van der Waals surface area contributed by atoms with Crippen LogP contribution in [-0.4, -0.2) is 27.6 Å². The monoisotopic (exact) mass is 423 g/mol. The molecule has 0 N–H and O–H groups in total. The lowest BCUT2D eigenvalue weighted by atomic mass is 10.3. The van der Waals surface area contributed by atoms with E-state index in [1.54, 1.807) is 35.0 Å². The summed E-state index contributed by atoms with van der Waals surface area (Å²) in [6, 6.07) is 9.05. The highest BCUT2D eigenvalue weighted by molar-refractivity contribution is 7.12. The van der Waals surface area contributed by atoms with Gasteiger partial charge in [0.2, 0.25) is 0 Å². The van der Waals surface area contributed by atoms with E-state index in [2.05, 4.69) is 5.10 Å². The fourth-order valence-electron chi connectivity index (χ4n) is 2.56. The minimum Gasteiger partial charge on any atom is -0.489 e. The van der Waals surface area contributed by atoms with E-state index in [0.717, 1.165) is 17.0 Å². The summed E-state index contributed by atoms with van der Waals surface area (Å²) in [4.78, 5) is 15.0. The molecule has 0 aliphatic carbocycles. The van der Waals surface area contributed by atoms with Gasteiger partial charge < -0.3 is 9.64 Å². The van der Waals surface area contributed by atoms with Crippen LogP contribution in [0.15, 0.2) is 41.9 Å². The molecule has 27 heavy (non-hydrogen) atoms. The summed E-state index contributed by atoms with van der Waals surface area (Å²) in [7, 11) is 1.76. The minimum atomic E-state index is -0.0577. The molecule has 3 rings (SSSR count). The normalized spacial score (nSPS) is 10.8. The molecule has 142 valence electrons. The highest BCUT2D eigenvalue weighted by Gasteiger charge is 2.18. The molecule has 1 amide bonds. The van der Waals surface area contributed by atoms with Crippen molar-refractivity contribution in [3.63, 3.8) is 0 Å². The van der Waals surface area contributed by atoms with Gasteiger partial charge in [0.25, 0.3) is 5.91 Å². The van der Waals surface area contributed by atoms with Crippen LogP contribution in [0, 0.1) is 0 Å². The van der Waals surface area contributed by atoms with Crippen LogP contribution in [0.2, 0.25) is 10.0 Å². The Morgan fingerprint density at radius 2 is 2.04 bits per heavy atom. The molecule has 0 aliphatic rings. The number of benzene rings is 1. The van der Waals surface area contributed by atoms with Crippen molar-refractivity contribution >= 4 is 40.4 Å². The van der Waals surface area contributed by atoms with Gasteiger partial charge in [0.05, 0.1) is 28.3 Å². The smallest absolute Gasteiger partial charge is 0.264 e. The van der Waals surface area contributed by atoms with E-state index in [0.29, 0.717) is 34.6 Å². The minimum absolute atomic E-state index is 0.0577. The second kappa shape index (κ2) is 8.78. The summed E-state index contributed by atoms with van der Waals surface area (Å²) in [5.74, 6) is 0.677. The first-order valence-electron chi connectivity index (χ1n) is 8.39. The van der Waals surface area contributed by atoms with Gasteiger partial charge in [-0.3, -0.25) is 9.48 Å². The Morgan fingerprint density at radius 1 is 1.30 bits per heavy atom. The van der Waals surface area contributed by atoms with E-state index in [9.17, 15) is 4.79 Å².